The van der Waals surface area contributed by atoms with Gasteiger partial charge in [-0.1, -0.05) is 0 Å². The minimum absolute atomic E-state index is 0.0730. The summed E-state index contributed by atoms with van der Waals surface area (Å²) in [4.78, 5) is 42.5. The first-order chi connectivity index (χ1) is 23.3. The molecule has 2 amide bonds. The lowest BCUT2D eigenvalue weighted by atomic mass is 10.1. The van der Waals surface area contributed by atoms with Crippen LogP contribution in [0.2, 0.25) is 0 Å². The van der Waals surface area contributed by atoms with Crippen LogP contribution < -0.4 is 10.2 Å². The second kappa shape index (κ2) is 12.1. The van der Waals surface area contributed by atoms with E-state index in [0.717, 1.165) is 73.0 Å². The van der Waals surface area contributed by atoms with Crippen molar-refractivity contribution in [2.24, 2.45) is 0 Å². The highest BCUT2D eigenvalue weighted by Crippen LogP contribution is 2.47. The van der Waals surface area contributed by atoms with Gasteiger partial charge in [-0.25, -0.2) is 14.8 Å². The number of ether oxygens (including phenoxy) is 1. The molecular weight excluding hydrogens is 674 g/mol. The first-order valence-corrected chi connectivity index (χ1v) is 18.8. The number of carbonyl (C=O) groups excluding carboxylic acids is 2. The summed E-state index contributed by atoms with van der Waals surface area (Å²) in [6.45, 7) is 7.71. The van der Waals surface area contributed by atoms with Crippen molar-refractivity contribution >= 4 is 52.4 Å². The summed E-state index contributed by atoms with van der Waals surface area (Å²) in [6.07, 6.45) is 1.78. The van der Waals surface area contributed by atoms with Crippen molar-refractivity contribution in [1.82, 2.24) is 19.8 Å². The third-order valence-corrected chi connectivity index (χ3v) is 12.1. The minimum atomic E-state index is -4.67. The molecule has 2 unspecified atom stereocenters. The van der Waals surface area contributed by atoms with E-state index in [2.05, 4.69) is 26.3 Å². The van der Waals surface area contributed by atoms with Gasteiger partial charge in [-0.15, -0.1) is 23.1 Å². The van der Waals surface area contributed by atoms with Crippen LogP contribution in [0.1, 0.15) is 86.0 Å². The largest absolute Gasteiger partial charge is 0.444 e. The van der Waals surface area contributed by atoms with E-state index in [0.29, 0.717) is 46.0 Å². The number of alkyl halides is 3. The van der Waals surface area contributed by atoms with Gasteiger partial charge in [0.25, 0.3) is 5.91 Å². The molecule has 2 aromatic heterocycles. The molecule has 1 aromatic carbocycles. The molecule has 8 rings (SSSR count). The SMILES string of the molecule is CC(C)(C)OC(=O)N1C2CCC1CN(c1ccc(Nc3ncc(C(F)(F)F)c(-c4cc5c(s4)C(=O)N(C4CC4)CCS5)n3)c(C3CC3)c1)C2. The molecule has 4 fully saturated rings. The van der Waals surface area contributed by atoms with Crippen molar-refractivity contribution in [1.29, 1.82) is 0 Å². The molecule has 1 N–H and O–H groups in total. The molecule has 0 spiro atoms. The Morgan fingerprint density at radius 3 is 2.37 bits per heavy atom. The van der Waals surface area contributed by atoms with Crippen LogP contribution in [0.5, 0.6) is 0 Å². The van der Waals surface area contributed by atoms with E-state index >= 15 is 0 Å². The van der Waals surface area contributed by atoms with Crippen LogP contribution in [-0.2, 0) is 10.9 Å². The molecule has 2 saturated heterocycles. The fourth-order valence-electron chi connectivity index (χ4n) is 7.24. The highest BCUT2D eigenvalue weighted by molar-refractivity contribution is 7.99. The molecule has 5 aliphatic rings. The van der Waals surface area contributed by atoms with Crippen LogP contribution in [0, 0.1) is 0 Å². The maximum absolute atomic E-state index is 14.3. The summed E-state index contributed by atoms with van der Waals surface area (Å²) in [7, 11) is 0. The van der Waals surface area contributed by atoms with E-state index in [1.807, 2.05) is 42.7 Å². The van der Waals surface area contributed by atoms with Crippen molar-refractivity contribution in [2.75, 3.05) is 35.6 Å². The highest BCUT2D eigenvalue weighted by Gasteiger charge is 2.45. The Morgan fingerprint density at radius 1 is 1.00 bits per heavy atom. The molecule has 3 aromatic rings. The fourth-order valence-corrected chi connectivity index (χ4v) is 9.56. The molecule has 2 bridgehead atoms. The second-order valence-electron chi connectivity index (χ2n) is 14.7. The molecule has 260 valence electrons. The molecule has 9 nitrogen and oxygen atoms in total. The summed E-state index contributed by atoms with van der Waals surface area (Å²) in [5.41, 5.74) is 1.20. The number of nitrogens with one attached hydrogen (secondary N) is 1. The van der Waals surface area contributed by atoms with E-state index < -0.39 is 17.3 Å². The number of piperazine rings is 1. The number of thiophene rings is 1. The van der Waals surface area contributed by atoms with Crippen LogP contribution in [0.3, 0.4) is 0 Å². The number of carbonyl (C=O) groups is 2. The maximum atomic E-state index is 14.3. The van der Waals surface area contributed by atoms with Gasteiger partial charge in [0, 0.05) is 53.9 Å². The number of aromatic nitrogens is 2. The van der Waals surface area contributed by atoms with E-state index in [4.69, 9.17) is 4.74 Å². The molecular formula is C35H39F3N6O3S2. The first-order valence-electron chi connectivity index (χ1n) is 17.0. The van der Waals surface area contributed by atoms with Crippen molar-refractivity contribution < 1.29 is 27.5 Å². The zero-order valence-electron chi connectivity index (χ0n) is 27.7. The predicted molar refractivity (Wildman–Crippen MR) is 184 cm³/mol. The monoisotopic (exact) mass is 712 g/mol. The van der Waals surface area contributed by atoms with Crippen LogP contribution >= 0.6 is 23.1 Å². The van der Waals surface area contributed by atoms with Crippen LogP contribution in [-0.4, -0.2) is 80.9 Å². The van der Waals surface area contributed by atoms with Crippen LogP contribution in [0.15, 0.2) is 35.4 Å². The van der Waals surface area contributed by atoms with E-state index in [1.165, 1.54) is 11.8 Å². The summed E-state index contributed by atoms with van der Waals surface area (Å²) in [5, 5.41) is 3.24. The number of anilines is 3. The molecule has 49 heavy (non-hydrogen) atoms. The number of thioether (sulfide) groups is 1. The number of hydrogen-bond acceptors (Lipinski definition) is 9. The van der Waals surface area contributed by atoms with Gasteiger partial charge in [-0.2, -0.15) is 13.2 Å². The second-order valence-corrected chi connectivity index (χ2v) is 16.9. The molecule has 3 aliphatic heterocycles. The fraction of sp³-hybridized carbons (Fsp3) is 0.543. The highest BCUT2D eigenvalue weighted by atomic mass is 32.2. The molecule has 5 heterocycles. The van der Waals surface area contributed by atoms with Gasteiger partial charge in [-0.3, -0.25) is 9.69 Å². The maximum Gasteiger partial charge on any atom is 0.420 e. The minimum Gasteiger partial charge on any atom is -0.444 e. The van der Waals surface area contributed by atoms with Crippen molar-refractivity contribution in [3.8, 4) is 10.6 Å². The smallest absolute Gasteiger partial charge is 0.420 e. The van der Waals surface area contributed by atoms with E-state index in [-0.39, 0.29) is 41.8 Å². The van der Waals surface area contributed by atoms with Gasteiger partial charge >= 0.3 is 12.3 Å². The number of fused-ring (bicyclic) bond motifs is 3. The average molecular weight is 713 g/mol. The molecule has 2 aliphatic carbocycles. The van der Waals surface area contributed by atoms with Crippen molar-refractivity contribution in [2.45, 2.75) is 100 Å². The Morgan fingerprint density at radius 2 is 1.71 bits per heavy atom. The van der Waals surface area contributed by atoms with E-state index in [9.17, 15) is 22.8 Å². The molecule has 2 saturated carbocycles. The third-order valence-electron chi connectivity index (χ3n) is 9.81. The summed E-state index contributed by atoms with van der Waals surface area (Å²) in [6, 6.07) is 8.21. The summed E-state index contributed by atoms with van der Waals surface area (Å²) >= 11 is 2.59. The Balaban J connectivity index is 1.06. The quantitative estimate of drug-likeness (QED) is 0.274. The lowest BCUT2D eigenvalue weighted by molar-refractivity contribution is -0.137. The molecule has 0 radical (unpaired) electrons. The zero-order chi connectivity index (χ0) is 34.2. The Hall–Kier alpha value is -3.52. The van der Waals surface area contributed by atoms with Crippen LogP contribution in [0.4, 0.5) is 35.3 Å². The number of hydrogen-bond donors (Lipinski definition) is 1. The van der Waals surface area contributed by atoms with Crippen molar-refractivity contribution in [3.05, 3.63) is 46.5 Å². The Bertz CT molecular complexity index is 1790. The molecule has 14 heteroatoms. The van der Waals surface area contributed by atoms with Gasteiger partial charge in [0.15, 0.2) is 0 Å². The summed E-state index contributed by atoms with van der Waals surface area (Å²) in [5.74, 6) is 1.01. The Kier molecular flexibility index (Phi) is 8.05. The number of nitrogens with zero attached hydrogens (tertiary/aromatic N) is 5. The van der Waals surface area contributed by atoms with Gasteiger partial charge in [-0.05, 0) is 95.0 Å². The van der Waals surface area contributed by atoms with Gasteiger partial charge in [0.05, 0.1) is 22.7 Å². The topological polar surface area (TPSA) is 90.9 Å². The Labute approximate surface area is 291 Å². The van der Waals surface area contributed by atoms with Crippen molar-refractivity contribution in [3.63, 3.8) is 0 Å². The standard InChI is InChI=1S/C35H39F3N6O3S2/c1-34(2,3)47-33(46)44-22-8-9-23(44)18-42(17-22)21-10-11-26(24(14-21)19-4-5-19)40-32-39-16-25(35(36,37)38)29(41-32)27-15-28-30(49-27)31(45)43(12-13-48-28)20-6-7-20/h10-11,14-16,19-20,22-23H,4-9,12-13,17-18H2,1-3H3,(H,39,40,41). The van der Waals surface area contributed by atoms with Gasteiger partial charge in [0.2, 0.25) is 5.95 Å². The first kappa shape index (κ1) is 32.7. The lowest BCUT2D eigenvalue weighted by Crippen LogP contribution is -2.56. The average Bonchev–Trinajstić information content (AvgIpc) is 3.97. The number of halogens is 3. The summed E-state index contributed by atoms with van der Waals surface area (Å²) < 4.78 is 48.6. The number of amides is 2. The molecule has 2 atom stereocenters. The van der Waals surface area contributed by atoms with Crippen LogP contribution in [0.25, 0.3) is 10.6 Å². The predicted octanol–water partition coefficient (Wildman–Crippen LogP) is 8.14. The van der Waals surface area contributed by atoms with Gasteiger partial charge in [0.1, 0.15) is 16.0 Å². The normalized spacial score (nSPS) is 22.7. The number of benzene rings is 1. The number of rotatable bonds is 6. The third kappa shape index (κ3) is 6.58. The van der Waals surface area contributed by atoms with Gasteiger partial charge < -0.3 is 19.9 Å². The lowest BCUT2D eigenvalue weighted by Gasteiger charge is -2.42. The zero-order valence-corrected chi connectivity index (χ0v) is 29.3. The van der Waals surface area contributed by atoms with E-state index in [1.54, 1.807) is 6.07 Å².